The second-order valence-corrected chi connectivity index (χ2v) is 4.27. The van der Waals surface area contributed by atoms with Crippen molar-refractivity contribution >= 4 is 17.7 Å². The molecule has 0 spiro atoms. The zero-order valence-corrected chi connectivity index (χ0v) is 10.8. The SMILES string of the molecule is COC(=O)c1ccc2c(c1C(=O)OC)CCCC2=O. The molecule has 0 amide bonds. The third kappa shape index (κ3) is 2.23. The van der Waals surface area contributed by atoms with E-state index in [-0.39, 0.29) is 16.9 Å². The van der Waals surface area contributed by atoms with Crippen LogP contribution in [0, 0.1) is 0 Å². The van der Waals surface area contributed by atoms with Crippen LogP contribution in [0.2, 0.25) is 0 Å². The first-order valence-electron chi connectivity index (χ1n) is 5.95. The van der Waals surface area contributed by atoms with Gasteiger partial charge in [0.25, 0.3) is 0 Å². The Labute approximate surface area is 110 Å². The lowest BCUT2D eigenvalue weighted by atomic mass is 9.85. The number of methoxy groups -OCH3 is 2. The summed E-state index contributed by atoms with van der Waals surface area (Å²) in [6, 6.07) is 3.02. The minimum atomic E-state index is -0.619. The molecule has 0 radical (unpaired) electrons. The molecule has 0 heterocycles. The van der Waals surface area contributed by atoms with E-state index in [0.717, 1.165) is 0 Å². The van der Waals surface area contributed by atoms with E-state index < -0.39 is 11.9 Å². The van der Waals surface area contributed by atoms with Gasteiger partial charge in [0.1, 0.15) is 0 Å². The van der Waals surface area contributed by atoms with Gasteiger partial charge in [-0.1, -0.05) is 6.07 Å². The monoisotopic (exact) mass is 262 g/mol. The van der Waals surface area contributed by atoms with Gasteiger partial charge in [-0.15, -0.1) is 0 Å². The van der Waals surface area contributed by atoms with Gasteiger partial charge >= 0.3 is 11.9 Å². The third-order valence-electron chi connectivity index (χ3n) is 3.24. The van der Waals surface area contributed by atoms with E-state index in [1.807, 2.05) is 0 Å². The van der Waals surface area contributed by atoms with Gasteiger partial charge in [0, 0.05) is 12.0 Å². The summed E-state index contributed by atoms with van der Waals surface area (Å²) in [6.07, 6.45) is 1.71. The van der Waals surface area contributed by atoms with E-state index in [0.29, 0.717) is 30.4 Å². The second-order valence-electron chi connectivity index (χ2n) is 4.27. The molecular weight excluding hydrogens is 248 g/mol. The summed E-state index contributed by atoms with van der Waals surface area (Å²) < 4.78 is 9.37. The number of carbonyl (C=O) groups is 3. The molecule has 0 aliphatic heterocycles. The number of esters is 2. The Kier molecular flexibility index (Phi) is 3.64. The predicted octanol–water partition coefficient (Wildman–Crippen LogP) is 1.78. The molecule has 0 bridgehead atoms. The van der Waals surface area contributed by atoms with Gasteiger partial charge in [0.2, 0.25) is 0 Å². The molecule has 1 aliphatic carbocycles. The molecule has 5 heteroatoms. The molecule has 0 atom stereocenters. The first kappa shape index (κ1) is 13.3. The number of rotatable bonds is 2. The third-order valence-corrected chi connectivity index (χ3v) is 3.24. The number of hydrogen-bond acceptors (Lipinski definition) is 5. The van der Waals surface area contributed by atoms with E-state index in [1.165, 1.54) is 20.3 Å². The average Bonchev–Trinajstić information content (AvgIpc) is 2.44. The molecule has 1 aromatic carbocycles. The van der Waals surface area contributed by atoms with E-state index in [9.17, 15) is 14.4 Å². The van der Waals surface area contributed by atoms with Crippen molar-refractivity contribution in [2.75, 3.05) is 14.2 Å². The molecule has 0 N–H and O–H groups in total. The van der Waals surface area contributed by atoms with Crippen molar-refractivity contribution in [1.29, 1.82) is 0 Å². The Morgan fingerprint density at radius 2 is 1.74 bits per heavy atom. The standard InChI is InChI=1S/C14H14O5/c1-18-13(16)10-7-6-8-9(4-3-5-11(8)15)12(10)14(17)19-2/h6-7H,3-5H2,1-2H3. The number of hydrogen-bond donors (Lipinski definition) is 0. The average molecular weight is 262 g/mol. The lowest BCUT2D eigenvalue weighted by molar-refractivity contribution is 0.0553. The number of ether oxygens (including phenoxy) is 2. The summed E-state index contributed by atoms with van der Waals surface area (Å²) >= 11 is 0. The Bertz CT molecular complexity index is 559. The number of Topliss-reactive ketones (excluding diaryl/α,β-unsaturated/α-hetero) is 1. The van der Waals surface area contributed by atoms with Gasteiger partial charge in [0.05, 0.1) is 25.3 Å². The van der Waals surface area contributed by atoms with E-state index in [4.69, 9.17) is 4.74 Å². The zero-order valence-electron chi connectivity index (χ0n) is 10.8. The molecule has 2 rings (SSSR count). The highest BCUT2D eigenvalue weighted by Gasteiger charge is 2.28. The van der Waals surface area contributed by atoms with Crippen LogP contribution in [0.25, 0.3) is 0 Å². The molecule has 0 aromatic heterocycles. The van der Waals surface area contributed by atoms with Crippen LogP contribution in [0.15, 0.2) is 12.1 Å². The lowest BCUT2D eigenvalue weighted by Crippen LogP contribution is -2.20. The van der Waals surface area contributed by atoms with Crippen molar-refractivity contribution in [2.45, 2.75) is 19.3 Å². The second kappa shape index (κ2) is 5.22. The van der Waals surface area contributed by atoms with E-state index >= 15 is 0 Å². The predicted molar refractivity (Wildman–Crippen MR) is 66.4 cm³/mol. The Morgan fingerprint density at radius 1 is 1.05 bits per heavy atom. The van der Waals surface area contributed by atoms with Crippen molar-refractivity contribution in [3.05, 3.63) is 34.4 Å². The summed E-state index contributed by atoms with van der Waals surface area (Å²) in [5.74, 6) is -1.24. The highest BCUT2D eigenvalue weighted by molar-refractivity contribution is 6.08. The van der Waals surface area contributed by atoms with Crippen molar-refractivity contribution in [3.63, 3.8) is 0 Å². The summed E-state index contributed by atoms with van der Waals surface area (Å²) in [5, 5.41) is 0. The summed E-state index contributed by atoms with van der Waals surface area (Å²) in [6.45, 7) is 0. The van der Waals surface area contributed by atoms with Crippen molar-refractivity contribution < 1.29 is 23.9 Å². The van der Waals surface area contributed by atoms with Crippen molar-refractivity contribution in [1.82, 2.24) is 0 Å². The van der Waals surface area contributed by atoms with Gasteiger partial charge in [-0.2, -0.15) is 0 Å². The van der Waals surface area contributed by atoms with Gasteiger partial charge in [-0.25, -0.2) is 9.59 Å². The van der Waals surface area contributed by atoms with Gasteiger partial charge in [-0.3, -0.25) is 4.79 Å². The van der Waals surface area contributed by atoms with Gasteiger partial charge in [0.15, 0.2) is 5.78 Å². The van der Waals surface area contributed by atoms with Crippen molar-refractivity contribution in [2.24, 2.45) is 0 Å². The highest BCUT2D eigenvalue weighted by Crippen LogP contribution is 2.28. The topological polar surface area (TPSA) is 69.7 Å². The molecule has 19 heavy (non-hydrogen) atoms. The molecule has 1 aromatic rings. The summed E-state index contributed by atoms with van der Waals surface area (Å²) in [5.41, 5.74) is 1.38. The minimum Gasteiger partial charge on any atom is -0.465 e. The van der Waals surface area contributed by atoms with Crippen LogP contribution in [0.4, 0.5) is 0 Å². The zero-order chi connectivity index (χ0) is 14.0. The van der Waals surface area contributed by atoms with Crippen LogP contribution in [0.3, 0.4) is 0 Å². The van der Waals surface area contributed by atoms with Crippen LogP contribution in [0.5, 0.6) is 0 Å². The molecule has 0 saturated carbocycles. The van der Waals surface area contributed by atoms with Gasteiger partial charge < -0.3 is 9.47 Å². The van der Waals surface area contributed by atoms with Gasteiger partial charge in [-0.05, 0) is 24.5 Å². The first-order valence-corrected chi connectivity index (χ1v) is 5.95. The number of ketones is 1. The minimum absolute atomic E-state index is 0.0113. The molecule has 100 valence electrons. The Balaban J connectivity index is 2.68. The smallest absolute Gasteiger partial charge is 0.339 e. The molecular formula is C14H14O5. The molecule has 0 saturated heterocycles. The van der Waals surface area contributed by atoms with Crippen LogP contribution in [0.1, 0.15) is 49.5 Å². The summed E-state index contributed by atoms with van der Waals surface area (Å²) in [4.78, 5) is 35.4. The molecule has 0 unspecified atom stereocenters. The van der Waals surface area contributed by atoms with Crippen LogP contribution in [-0.4, -0.2) is 31.9 Å². The molecule has 5 nitrogen and oxygen atoms in total. The number of carbonyl (C=O) groups excluding carboxylic acids is 3. The van der Waals surface area contributed by atoms with E-state index in [2.05, 4.69) is 4.74 Å². The quantitative estimate of drug-likeness (QED) is 0.760. The fourth-order valence-electron chi connectivity index (χ4n) is 2.34. The van der Waals surface area contributed by atoms with Crippen LogP contribution < -0.4 is 0 Å². The highest BCUT2D eigenvalue weighted by atomic mass is 16.5. The first-order chi connectivity index (χ1) is 9.10. The fourth-order valence-corrected chi connectivity index (χ4v) is 2.34. The maximum Gasteiger partial charge on any atom is 0.339 e. The molecule has 1 aliphatic rings. The van der Waals surface area contributed by atoms with E-state index in [1.54, 1.807) is 6.07 Å². The number of benzene rings is 1. The largest absolute Gasteiger partial charge is 0.465 e. The van der Waals surface area contributed by atoms with Crippen LogP contribution >= 0.6 is 0 Å². The maximum absolute atomic E-state index is 11.9. The maximum atomic E-state index is 11.9. The Hall–Kier alpha value is -2.17. The van der Waals surface area contributed by atoms with Crippen molar-refractivity contribution in [3.8, 4) is 0 Å². The fraction of sp³-hybridized carbons (Fsp3) is 0.357. The number of fused-ring (bicyclic) bond motifs is 1. The normalized spacial score (nSPS) is 13.7. The summed E-state index contributed by atoms with van der Waals surface area (Å²) in [7, 11) is 2.49. The Morgan fingerprint density at radius 3 is 2.37 bits per heavy atom. The molecule has 0 fully saturated rings. The van der Waals surface area contributed by atoms with Crippen LogP contribution in [-0.2, 0) is 15.9 Å². The lowest BCUT2D eigenvalue weighted by Gasteiger charge is -2.19.